The van der Waals surface area contributed by atoms with Gasteiger partial charge >= 0.3 is 0 Å². The lowest BCUT2D eigenvalue weighted by Gasteiger charge is -2.17. The molecule has 0 bridgehead atoms. The first kappa shape index (κ1) is 9.93. The molecule has 1 rings (SSSR count). The lowest BCUT2D eigenvalue weighted by atomic mass is 10.1. The first-order chi connectivity index (χ1) is 6.24. The lowest BCUT2D eigenvalue weighted by Crippen LogP contribution is -2.31. The summed E-state index contributed by atoms with van der Waals surface area (Å²) in [6.07, 6.45) is 2.76. The Morgan fingerprint density at radius 3 is 2.38 bits per heavy atom. The molecule has 1 aromatic rings. The van der Waals surface area contributed by atoms with Crippen LogP contribution in [0.15, 0.2) is 30.3 Å². The van der Waals surface area contributed by atoms with Crippen molar-refractivity contribution < 1.29 is 4.79 Å². The van der Waals surface area contributed by atoms with E-state index in [0.29, 0.717) is 0 Å². The second kappa shape index (κ2) is 4.77. The van der Waals surface area contributed by atoms with Gasteiger partial charge in [0.2, 0.25) is 6.29 Å². The summed E-state index contributed by atoms with van der Waals surface area (Å²) in [7, 11) is 3.77. The minimum atomic E-state index is -0.137. The zero-order chi connectivity index (χ0) is 9.68. The Hall–Kier alpha value is -1.15. The Balaban J connectivity index is 2.62. The summed E-state index contributed by atoms with van der Waals surface area (Å²) in [6.45, 7) is 0. The predicted molar refractivity (Wildman–Crippen MR) is 53.3 cm³/mol. The molecule has 0 N–H and O–H groups in total. The van der Waals surface area contributed by atoms with Gasteiger partial charge < -0.3 is 0 Å². The highest BCUT2D eigenvalue weighted by Crippen LogP contribution is 2.04. The van der Waals surface area contributed by atoms with Gasteiger partial charge in [0.1, 0.15) is 0 Å². The Morgan fingerprint density at radius 1 is 1.31 bits per heavy atom. The van der Waals surface area contributed by atoms with E-state index < -0.39 is 0 Å². The highest BCUT2D eigenvalue weighted by molar-refractivity contribution is 5.59. The third-order valence-corrected chi connectivity index (χ3v) is 2.03. The van der Waals surface area contributed by atoms with Gasteiger partial charge in [0, 0.05) is 0 Å². The van der Waals surface area contributed by atoms with E-state index in [-0.39, 0.29) is 6.04 Å². The van der Waals surface area contributed by atoms with E-state index in [1.165, 1.54) is 5.56 Å². The molecule has 2 heteroatoms. The monoisotopic (exact) mass is 176 g/mol. The fourth-order valence-electron chi connectivity index (χ4n) is 1.17. The average molecular weight is 176 g/mol. The van der Waals surface area contributed by atoms with Gasteiger partial charge in [-0.1, -0.05) is 30.3 Å². The summed E-state index contributed by atoms with van der Waals surface area (Å²) in [6, 6.07) is 9.84. The van der Waals surface area contributed by atoms with Gasteiger partial charge in [-0.15, -0.1) is 0 Å². The molecule has 0 saturated heterocycles. The van der Waals surface area contributed by atoms with Crippen LogP contribution >= 0.6 is 0 Å². The van der Waals surface area contributed by atoms with E-state index in [9.17, 15) is 4.79 Å². The summed E-state index contributed by atoms with van der Waals surface area (Å²) in [5, 5.41) is 0. The number of likely N-dealkylation sites (N-methyl/N-ethyl adjacent to an activating group) is 1. The first-order valence-electron chi connectivity index (χ1n) is 4.32. The average Bonchev–Trinajstić information content (AvgIpc) is 2.15. The maximum atomic E-state index is 10.6. The van der Waals surface area contributed by atoms with Gasteiger partial charge in [0.05, 0.1) is 6.04 Å². The third-order valence-electron chi connectivity index (χ3n) is 2.03. The van der Waals surface area contributed by atoms with Crippen LogP contribution in [0, 0.1) is 0 Å². The van der Waals surface area contributed by atoms with E-state index in [1.54, 1.807) is 0 Å². The van der Waals surface area contributed by atoms with Crippen molar-refractivity contribution in [3.05, 3.63) is 35.9 Å². The molecule has 1 unspecified atom stereocenters. The third kappa shape index (κ3) is 2.99. The number of nitrogens with zero attached hydrogens (tertiary/aromatic N) is 1. The van der Waals surface area contributed by atoms with Crippen molar-refractivity contribution >= 4 is 6.29 Å². The Bertz CT molecular complexity index is 256. The van der Waals surface area contributed by atoms with Crippen molar-refractivity contribution in [2.24, 2.45) is 0 Å². The number of hydrogen-bond acceptors (Lipinski definition) is 2. The molecular weight excluding hydrogens is 162 g/mol. The van der Waals surface area contributed by atoms with Crippen LogP contribution in [-0.2, 0) is 11.2 Å². The van der Waals surface area contributed by atoms with Crippen molar-refractivity contribution in [2.75, 3.05) is 14.1 Å². The molecule has 2 nitrogen and oxygen atoms in total. The van der Waals surface area contributed by atoms with E-state index in [2.05, 4.69) is 0 Å². The van der Waals surface area contributed by atoms with Crippen LogP contribution in [0.2, 0.25) is 0 Å². The molecule has 0 aliphatic carbocycles. The summed E-state index contributed by atoms with van der Waals surface area (Å²) in [5.41, 5.74) is 1.17. The molecule has 0 spiro atoms. The van der Waals surface area contributed by atoms with Crippen LogP contribution in [0.25, 0.3) is 0 Å². The second-order valence-corrected chi connectivity index (χ2v) is 3.29. The molecule has 1 radical (unpaired) electrons. The molecule has 1 atom stereocenters. The highest BCUT2D eigenvalue weighted by Gasteiger charge is 2.10. The summed E-state index contributed by atoms with van der Waals surface area (Å²) < 4.78 is 0. The fraction of sp³-hybridized carbons (Fsp3) is 0.364. The van der Waals surface area contributed by atoms with Crippen molar-refractivity contribution in [3.8, 4) is 0 Å². The standard InChI is InChI=1S/C11H14NO/c1-12(2)11(9-13)8-10-6-4-3-5-7-10/h3-7,11H,8H2,1-2H3. The van der Waals surface area contributed by atoms with Gasteiger partial charge in [-0.25, -0.2) is 0 Å². The Kier molecular flexibility index (Phi) is 3.65. The molecule has 13 heavy (non-hydrogen) atoms. The molecule has 0 saturated carbocycles. The van der Waals surface area contributed by atoms with E-state index in [1.807, 2.05) is 55.6 Å². The SMILES string of the molecule is CN(C)C([C]=O)Cc1ccccc1. The number of hydrogen-bond donors (Lipinski definition) is 0. The molecule has 1 aromatic carbocycles. The van der Waals surface area contributed by atoms with Crippen molar-refractivity contribution in [2.45, 2.75) is 12.5 Å². The van der Waals surface area contributed by atoms with Gasteiger partial charge in [-0.2, -0.15) is 0 Å². The summed E-state index contributed by atoms with van der Waals surface area (Å²) >= 11 is 0. The molecule has 0 aliphatic rings. The van der Waals surface area contributed by atoms with Crippen LogP contribution in [0.5, 0.6) is 0 Å². The molecule has 0 fully saturated rings. The van der Waals surface area contributed by atoms with Gasteiger partial charge in [0.25, 0.3) is 0 Å². The van der Waals surface area contributed by atoms with Crippen LogP contribution in [0.1, 0.15) is 5.56 Å². The zero-order valence-electron chi connectivity index (χ0n) is 8.03. The van der Waals surface area contributed by atoms with Crippen molar-refractivity contribution in [1.29, 1.82) is 0 Å². The highest BCUT2D eigenvalue weighted by atomic mass is 16.1. The first-order valence-corrected chi connectivity index (χ1v) is 4.32. The van der Waals surface area contributed by atoms with Crippen LogP contribution < -0.4 is 0 Å². The molecule has 0 amide bonds. The molecule has 0 aromatic heterocycles. The number of carbonyl (C=O) groups excluding carboxylic acids is 1. The zero-order valence-corrected chi connectivity index (χ0v) is 8.03. The topological polar surface area (TPSA) is 20.3 Å². The van der Waals surface area contributed by atoms with Crippen LogP contribution in [-0.4, -0.2) is 31.3 Å². The van der Waals surface area contributed by atoms with Gasteiger partial charge in [-0.05, 0) is 26.1 Å². The fourth-order valence-corrected chi connectivity index (χ4v) is 1.17. The Labute approximate surface area is 79.2 Å². The molecular formula is C11H14NO. The quantitative estimate of drug-likeness (QED) is 0.688. The van der Waals surface area contributed by atoms with Crippen LogP contribution in [0.3, 0.4) is 0 Å². The molecule has 0 heterocycles. The maximum absolute atomic E-state index is 10.6. The number of rotatable bonds is 4. The summed E-state index contributed by atoms with van der Waals surface area (Å²) in [5.74, 6) is 0. The van der Waals surface area contributed by atoms with E-state index in [4.69, 9.17) is 0 Å². The lowest BCUT2D eigenvalue weighted by molar-refractivity contribution is 0.346. The van der Waals surface area contributed by atoms with Crippen LogP contribution in [0.4, 0.5) is 0 Å². The minimum Gasteiger partial charge on any atom is -0.299 e. The number of benzene rings is 1. The maximum Gasteiger partial charge on any atom is 0.217 e. The Morgan fingerprint density at radius 2 is 1.92 bits per heavy atom. The van der Waals surface area contributed by atoms with Crippen molar-refractivity contribution in [3.63, 3.8) is 0 Å². The van der Waals surface area contributed by atoms with Gasteiger partial charge in [-0.3, -0.25) is 9.69 Å². The summed E-state index contributed by atoms with van der Waals surface area (Å²) in [4.78, 5) is 12.5. The van der Waals surface area contributed by atoms with Crippen molar-refractivity contribution in [1.82, 2.24) is 4.90 Å². The normalized spacial score (nSPS) is 12.8. The molecule has 69 valence electrons. The van der Waals surface area contributed by atoms with Gasteiger partial charge in [0.15, 0.2) is 0 Å². The second-order valence-electron chi connectivity index (χ2n) is 3.29. The predicted octanol–water partition coefficient (Wildman–Crippen LogP) is 1.27. The smallest absolute Gasteiger partial charge is 0.217 e. The molecule has 0 aliphatic heterocycles. The van der Waals surface area contributed by atoms with E-state index >= 15 is 0 Å². The largest absolute Gasteiger partial charge is 0.299 e. The minimum absolute atomic E-state index is 0.137. The van der Waals surface area contributed by atoms with E-state index in [0.717, 1.165) is 6.42 Å².